The van der Waals surface area contributed by atoms with Gasteiger partial charge >= 0.3 is 0 Å². The van der Waals surface area contributed by atoms with Gasteiger partial charge in [-0.25, -0.2) is 0 Å². The van der Waals surface area contributed by atoms with E-state index in [0.29, 0.717) is 0 Å². The first-order valence-corrected chi connectivity index (χ1v) is 6.77. The smallest absolute Gasteiger partial charge is 0.119 e. The first kappa shape index (κ1) is 11.5. The molecule has 2 heterocycles. The van der Waals surface area contributed by atoms with Crippen molar-refractivity contribution >= 4 is 28.9 Å². The van der Waals surface area contributed by atoms with Gasteiger partial charge in [0.15, 0.2) is 0 Å². The highest BCUT2D eigenvalue weighted by Gasteiger charge is 2.31. The highest BCUT2D eigenvalue weighted by atomic mass is 35.5. The van der Waals surface area contributed by atoms with Crippen LogP contribution in [-0.2, 0) is 12.8 Å². The molecule has 4 heteroatoms. The van der Waals surface area contributed by atoms with E-state index in [9.17, 15) is 0 Å². The van der Waals surface area contributed by atoms with Crippen molar-refractivity contribution in [1.82, 2.24) is 0 Å². The van der Waals surface area contributed by atoms with Crippen LogP contribution in [0.25, 0.3) is 0 Å². The molecular weight excluding hydrogens is 257 g/mol. The van der Waals surface area contributed by atoms with Crippen molar-refractivity contribution < 1.29 is 4.74 Å². The zero-order valence-electron chi connectivity index (χ0n) is 9.75. The molecular formula is C13H15Cl2NO. The van der Waals surface area contributed by atoms with Gasteiger partial charge < -0.3 is 9.64 Å². The molecule has 0 fully saturated rings. The van der Waals surface area contributed by atoms with Crippen LogP contribution in [0.3, 0.4) is 0 Å². The molecule has 2 nitrogen and oxygen atoms in total. The third-order valence-electron chi connectivity index (χ3n) is 3.51. The van der Waals surface area contributed by atoms with Crippen LogP contribution < -0.4 is 9.64 Å². The number of alkyl halides is 2. The number of anilines is 1. The Bertz CT molecular complexity index is 414. The van der Waals surface area contributed by atoms with Crippen molar-refractivity contribution in [1.29, 1.82) is 0 Å². The number of hydrogen-bond acceptors (Lipinski definition) is 2. The van der Waals surface area contributed by atoms with Gasteiger partial charge in [0, 0.05) is 18.8 Å². The summed E-state index contributed by atoms with van der Waals surface area (Å²) in [7, 11) is 1.70. The minimum atomic E-state index is 0.171. The third kappa shape index (κ3) is 1.98. The second-order valence-corrected chi connectivity index (χ2v) is 6.04. The predicted octanol–water partition coefficient (Wildman–Crippen LogP) is 2.83. The predicted molar refractivity (Wildman–Crippen MR) is 71.9 cm³/mol. The van der Waals surface area contributed by atoms with Gasteiger partial charge in [-0.15, -0.1) is 23.2 Å². The summed E-state index contributed by atoms with van der Waals surface area (Å²) >= 11 is 12.6. The van der Waals surface area contributed by atoms with Gasteiger partial charge in [-0.2, -0.15) is 0 Å². The number of benzene rings is 1. The van der Waals surface area contributed by atoms with Crippen molar-refractivity contribution in [2.45, 2.75) is 23.6 Å². The van der Waals surface area contributed by atoms with Crippen LogP contribution in [-0.4, -0.2) is 31.0 Å². The molecule has 1 aromatic rings. The van der Waals surface area contributed by atoms with E-state index in [1.165, 1.54) is 16.8 Å². The Morgan fingerprint density at radius 2 is 1.65 bits per heavy atom. The van der Waals surface area contributed by atoms with E-state index in [1.54, 1.807) is 7.11 Å². The minimum absolute atomic E-state index is 0.171. The van der Waals surface area contributed by atoms with E-state index < -0.39 is 0 Å². The monoisotopic (exact) mass is 271 g/mol. The second-order valence-electron chi connectivity index (χ2n) is 4.80. The van der Waals surface area contributed by atoms with Gasteiger partial charge in [0.05, 0.1) is 17.9 Å². The molecule has 0 aromatic heterocycles. The Hall–Kier alpha value is -0.600. The summed E-state index contributed by atoms with van der Waals surface area (Å²) in [5.74, 6) is 0.912. The average molecular weight is 272 g/mol. The van der Waals surface area contributed by atoms with Crippen LogP contribution in [0.5, 0.6) is 5.75 Å². The molecule has 0 N–H and O–H groups in total. The van der Waals surface area contributed by atoms with E-state index in [4.69, 9.17) is 27.9 Å². The lowest BCUT2D eigenvalue weighted by Gasteiger charge is -2.40. The molecule has 0 radical (unpaired) electrons. The molecule has 2 unspecified atom stereocenters. The number of halogens is 2. The zero-order chi connectivity index (χ0) is 12.0. The number of ether oxygens (including phenoxy) is 1. The van der Waals surface area contributed by atoms with E-state index in [2.05, 4.69) is 17.0 Å². The quantitative estimate of drug-likeness (QED) is 0.729. The molecule has 0 saturated carbocycles. The lowest BCUT2D eigenvalue weighted by atomic mass is 9.91. The highest BCUT2D eigenvalue weighted by molar-refractivity contribution is 6.22. The van der Waals surface area contributed by atoms with Crippen molar-refractivity contribution in [3.8, 4) is 5.75 Å². The summed E-state index contributed by atoms with van der Waals surface area (Å²) in [4.78, 5) is 2.33. The van der Waals surface area contributed by atoms with Crippen LogP contribution in [0.15, 0.2) is 12.1 Å². The second kappa shape index (κ2) is 4.25. The molecule has 2 aliphatic rings. The summed E-state index contributed by atoms with van der Waals surface area (Å²) in [5.41, 5.74) is 3.95. The van der Waals surface area contributed by atoms with Crippen LogP contribution >= 0.6 is 23.2 Å². The highest BCUT2D eigenvalue weighted by Crippen LogP contribution is 2.39. The van der Waals surface area contributed by atoms with Gasteiger partial charge in [0.25, 0.3) is 0 Å². The van der Waals surface area contributed by atoms with E-state index >= 15 is 0 Å². The molecule has 92 valence electrons. The topological polar surface area (TPSA) is 12.5 Å². The Balaban J connectivity index is 2.12. The summed E-state index contributed by atoms with van der Waals surface area (Å²) in [6.07, 6.45) is 1.84. The summed E-state index contributed by atoms with van der Waals surface area (Å²) in [6.45, 7) is 1.80. The summed E-state index contributed by atoms with van der Waals surface area (Å²) in [6, 6.07) is 4.21. The van der Waals surface area contributed by atoms with Crippen LogP contribution in [0.4, 0.5) is 5.69 Å². The fourth-order valence-electron chi connectivity index (χ4n) is 2.91. The lowest BCUT2D eigenvalue weighted by Crippen LogP contribution is -2.43. The molecule has 0 spiro atoms. The van der Waals surface area contributed by atoms with Gasteiger partial charge in [-0.1, -0.05) is 0 Å². The van der Waals surface area contributed by atoms with Gasteiger partial charge in [-0.05, 0) is 36.1 Å². The lowest BCUT2D eigenvalue weighted by molar-refractivity contribution is 0.413. The third-order valence-corrected chi connectivity index (χ3v) is 4.10. The van der Waals surface area contributed by atoms with E-state index in [1.807, 2.05) is 0 Å². The number of methoxy groups -OCH3 is 1. The Labute approximate surface area is 111 Å². The number of nitrogens with zero attached hydrogens (tertiary/aromatic N) is 1. The maximum Gasteiger partial charge on any atom is 0.119 e. The van der Waals surface area contributed by atoms with Crippen molar-refractivity contribution in [3.05, 3.63) is 23.3 Å². The van der Waals surface area contributed by atoms with E-state index in [0.717, 1.165) is 31.7 Å². The fraction of sp³-hybridized carbons (Fsp3) is 0.538. The SMILES string of the molecule is COc1cc2c3c(c1)CC(Cl)CN3CC(Cl)C2. The van der Waals surface area contributed by atoms with Crippen molar-refractivity contribution in [3.63, 3.8) is 0 Å². The molecule has 2 aliphatic heterocycles. The average Bonchev–Trinajstić information content (AvgIpc) is 2.26. The fourth-order valence-corrected chi connectivity index (χ4v) is 3.57. The van der Waals surface area contributed by atoms with E-state index in [-0.39, 0.29) is 10.8 Å². The maximum atomic E-state index is 6.31. The van der Waals surface area contributed by atoms with Gasteiger partial charge in [-0.3, -0.25) is 0 Å². The molecule has 0 bridgehead atoms. The van der Waals surface area contributed by atoms with Gasteiger partial charge in [0.1, 0.15) is 5.75 Å². The number of rotatable bonds is 1. The van der Waals surface area contributed by atoms with Crippen LogP contribution in [0.2, 0.25) is 0 Å². The van der Waals surface area contributed by atoms with Crippen LogP contribution in [0.1, 0.15) is 11.1 Å². The summed E-state index contributed by atoms with van der Waals surface area (Å²) < 4.78 is 5.35. The summed E-state index contributed by atoms with van der Waals surface area (Å²) in [5, 5.41) is 0.342. The Morgan fingerprint density at radius 1 is 1.12 bits per heavy atom. The van der Waals surface area contributed by atoms with Crippen LogP contribution in [0, 0.1) is 0 Å². The first-order chi connectivity index (χ1) is 8.17. The largest absolute Gasteiger partial charge is 0.497 e. The molecule has 3 rings (SSSR count). The molecule has 0 amide bonds. The molecule has 2 atom stereocenters. The minimum Gasteiger partial charge on any atom is -0.497 e. The molecule has 0 saturated heterocycles. The standard InChI is InChI=1S/C13H15Cl2NO/c1-17-12-4-8-2-10(14)6-16-7-11(15)3-9(5-12)13(8)16/h4-5,10-11H,2-3,6-7H2,1H3. The van der Waals surface area contributed by atoms with Crippen molar-refractivity contribution in [2.24, 2.45) is 0 Å². The number of hydrogen-bond donors (Lipinski definition) is 0. The zero-order valence-corrected chi connectivity index (χ0v) is 11.3. The van der Waals surface area contributed by atoms with Gasteiger partial charge in [0.2, 0.25) is 0 Å². The normalized spacial score (nSPS) is 26.6. The molecule has 17 heavy (non-hydrogen) atoms. The van der Waals surface area contributed by atoms with Crippen molar-refractivity contribution in [2.75, 3.05) is 25.1 Å². The Kier molecular flexibility index (Phi) is 2.87. The molecule has 0 aliphatic carbocycles. The molecule has 1 aromatic carbocycles. The maximum absolute atomic E-state index is 6.31. The Morgan fingerprint density at radius 3 is 2.12 bits per heavy atom. The first-order valence-electron chi connectivity index (χ1n) is 5.90.